The predicted octanol–water partition coefficient (Wildman–Crippen LogP) is 5.56. The third-order valence-electron chi connectivity index (χ3n) is 3.26. The summed E-state index contributed by atoms with van der Waals surface area (Å²) in [6.07, 6.45) is 0.749. The molecule has 1 nitrogen and oxygen atoms in total. The molecule has 0 spiro atoms. The van der Waals surface area contributed by atoms with Crippen molar-refractivity contribution in [1.82, 2.24) is 0 Å². The zero-order valence-electron chi connectivity index (χ0n) is 10.6. The van der Waals surface area contributed by atoms with Crippen molar-refractivity contribution >= 4 is 49.0 Å². The van der Waals surface area contributed by atoms with Gasteiger partial charge in [-0.15, -0.1) is 11.3 Å². The summed E-state index contributed by atoms with van der Waals surface area (Å²) in [5, 5.41) is 2.01. The van der Waals surface area contributed by atoms with Gasteiger partial charge in [-0.3, -0.25) is 0 Å². The van der Waals surface area contributed by atoms with Gasteiger partial charge in [0, 0.05) is 25.1 Å². The molecule has 0 radical (unpaired) electrons. The molecule has 1 unspecified atom stereocenters. The van der Waals surface area contributed by atoms with Crippen LogP contribution in [-0.2, 0) is 6.42 Å². The number of nitrogens with two attached hydrogens (primary N) is 1. The van der Waals surface area contributed by atoms with Crippen LogP contribution < -0.4 is 5.73 Å². The molecule has 0 saturated carbocycles. The van der Waals surface area contributed by atoms with Crippen LogP contribution in [0.4, 0.5) is 0 Å². The van der Waals surface area contributed by atoms with Crippen molar-refractivity contribution in [2.24, 2.45) is 5.73 Å². The number of thiophene rings is 1. The fraction of sp³-hybridized carbons (Fsp3) is 0.125. The van der Waals surface area contributed by atoms with Crippen LogP contribution in [0.15, 0.2) is 53.0 Å². The molecule has 0 fully saturated rings. The maximum atomic E-state index is 6.34. The predicted molar refractivity (Wildman–Crippen MR) is 91.6 cm³/mol. The number of fused-ring (bicyclic) bond motifs is 1. The van der Waals surface area contributed by atoms with E-state index < -0.39 is 0 Å². The molecule has 2 aromatic carbocycles. The van der Waals surface area contributed by atoms with Gasteiger partial charge in [0.15, 0.2) is 0 Å². The zero-order chi connectivity index (χ0) is 14.1. The van der Waals surface area contributed by atoms with E-state index in [-0.39, 0.29) is 6.04 Å². The van der Waals surface area contributed by atoms with E-state index >= 15 is 0 Å². The molecule has 3 rings (SSSR count). The van der Waals surface area contributed by atoms with Crippen LogP contribution in [-0.4, -0.2) is 0 Å². The van der Waals surface area contributed by atoms with Crippen LogP contribution in [0.25, 0.3) is 10.1 Å². The van der Waals surface area contributed by atoms with E-state index in [1.807, 2.05) is 18.2 Å². The molecule has 0 amide bonds. The second kappa shape index (κ2) is 5.86. The standard InChI is InChI=1S/C16H13BrClNS/c17-12-6-5-10(13(18)9-12)7-14(19)16-8-11-3-1-2-4-15(11)20-16/h1-6,8-9,14H,7,19H2. The Morgan fingerprint density at radius 2 is 1.95 bits per heavy atom. The molecular weight excluding hydrogens is 354 g/mol. The Morgan fingerprint density at radius 3 is 2.70 bits per heavy atom. The Bertz CT molecular complexity index is 720. The lowest BCUT2D eigenvalue weighted by molar-refractivity contribution is 0.737. The highest BCUT2D eigenvalue weighted by Gasteiger charge is 2.12. The van der Waals surface area contributed by atoms with E-state index in [2.05, 4.69) is 46.3 Å². The van der Waals surface area contributed by atoms with Crippen LogP contribution in [0.1, 0.15) is 16.5 Å². The van der Waals surface area contributed by atoms with Crippen LogP contribution in [0.3, 0.4) is 0 Å². The highest BCUT2D eigenvalue weighted by molar-refractivity contribution is 9.10. The molecule has 2 N–H and O–H groups in total. The van der Waals surface area contributed by atoms with Gasteiger partial charge >= 0.3 is 0 Å². The van der Waals surface area contributed by atoms with E-state index in [1.165, 1.54) is 15.0 Å². The summed E-state index contributed by atoms with van der Waals surface area (Å²) in [5.74, 6) is 0. The van der Waals surface area contributed by atoms with Gasteiger partial charge in [-0.05, 0) is 41.6 Å². The third kappa shape index (κ3) is 2.91. The van der Waals surface area contributed by atoms with Crippen LogP contribution >= 0.6 is 38.9 Å². The van der Waals surface area contributed by atoms with Gasteiger partial charge in [0.25, 0.3) is 0 Å². The summed E-state index contributed by atoms with van der Waals surface area (Å²) in [6.45, 7) is 0. The molecule has 0 aliphatic carbocycles. The van der Waals surface area contributed by atoms with Gasteiger partial charge in [-0.1, -0.05) is 51.8 Å². The minimum atomic E-state index is -0.0222. The summed E-state index contributed by atoms with van der Waals surface area (Å²) >= 11 is 11.4. The second-order valence-electron chi connectivity index (χ2n) is 4.73. The molecule has 1 aromatic heterocycles. The summed E-state index contributed by atoms with van der Waals surface area (Å²) in [6, 6.07) is 16.4. The van der Waals surface area contributed by atoms with E-state index in [1.54, 1.807) is 11.3 Å². The number of benzene rings is 2. The molecule has 0 bridgehead atoms. The zero-order valence-corrected chi connectivity index (χ0v) is 13.8. The summed E-state index contributed by atoms with van der Waals surface area (Å²) in [7, 11) is 0. The minimum Gasteiger partial charge on any atom is -0.323 e. The van der Waals surface area contributed by atoms with E-state index in [4.69, 9.17) is 17.3 Å². The number of halogens is 2. The maximum Gasteiger partial charge on any atom is 0.0449 e. The minimum absolute atomic E-state index is 0.0222. The first kappa shape index (κ1) is 14.1. The molecule has 1 heterocycles. The monoisotopic (exact) mass is 365 g/mol. The average molecular weight is 367 g/mol. The summed E-state index contributed by atoms with van der Waals surface area (Å²) in [5.41, 5.74) is 7.42. The van der Waals surface area contributed by atoms with E-state index in [0.717, 1.165) is 21.5 Å². The van der Waals surface area contributed by atoms with Crippen molar-refractivity contribution in [1.29, 1.82) is 0 Å². The molecule has 1 atom stereocenters. The van der Waals surface area contributed by atoms with Gasteiger partial charge < -0.3 is 5.73 Å². The van der Waals surface area contributed by atoms with E-state index in [9.17, 15) is 0 Å². The Labute approximate surface area is 135 Å². The Balaban J connectivity index is 1.86. The molecule has 0 aliphatic heterocycles. The molecular formula is C16H13BrClNS. The van der Waals surface area contributed by atoms with Gasteiger partial charge in [-0.2, -0.15) is 0 Å². The quantitative estimate of drug-likeness (QED) is 0.645. The van der Waals surface area contributed by atoms with Crippen molar-refractivity contribution in [2.45, 2.75) is 12.5 Å². The molecule has 0 saturated heterocycles. The van der Waals surface area contributed by atoms with Crippen molar-refractivity contribution in [3.63, 3.8) is 0 Å². The number of rotatable bonds is 3. The molecule has 20 heavy (non-hydrogen) atoms. The highest BCUT2D eigenvalue weighted by Crippen LogP contribution is 2.32. The first-order chi connectivity index (χ1) is 9.63. The second-order valence-corrected chi connectivity index (χ2v) is 7.17. The topological polar surface area (TPSA) is 26.0 Å². The van der Waals surface area contributed by atoms with Crippen molar-refractivity contribution in [2.75, 3.05) is 0 Å². The smallest absolute Gasteiger partial charge is 0.0449 e. The fourth-order valence-electron chi connectivity index (χ4n) is 2.21. The number of hydrogen-bond acceptors (Lipinski definition) is 2. The normalized spacial score (nSPS) is 12.8. The fourth-order valence-corrected chi connectivity index (χ4v) is 4.03. The first-order valence-electron chi connectivity index (χ1n) is 6.31. The maximum absolute atomic E-state index is 6.34. The van der Waals surface area contributed by atoms with Crippen LogP contribution in [0.5, 0.6) is 0 Å². The SMILES string of the molecule is NC(Cc1ccc(Br)cc1Cl)c1cc2ccccc2s1. The van der Waals surface area contributed by atoms with E-state index in [0.29, 0.717) is 0 Å². The number of hydrogen-bond donors (Lipinski definition) is 1. The largest absolute Gasteiger partial charge is 0.323 e. The summed E-state index contributed by atoms with van der Waals surface area (Å²) in [4.78, 5) is 1.20. The lowest BCUT2D eigenvalue weighted by atomic mass is 10.1. The Morgan fingerprint density at radius 1 is 1.15 bits per heavy atom. The average Bonchev–Trinajstić information content (AvgIpc) is 2.86. The van der Waals surface area contributed by atoms with Crippen molar-refractivity contribution in [3.05, 3.63) is 68.5 Å². The van der Waals surface area contributed by atoms with Gasteiger partial charge in [0.2, 0.25) is 0 Å². The van der Waals surface area contributed by atoms with Gasteiger partial charge in [0.1, 0.15) is 0 Å². The lowest BCUT2D eigenvalue weighted by Gasteiger charge is -2.11. The van der Waals surface area contributed by atoms with Gasteiger partial charge in [0.05, 0.1) is 0 Å². The highest BCUT2D eigenvalue weighted by atomic mass is 79.9. The Kier molecular flexibility index (Phi) is 4.13. The van der Waals surface area contributed by atoms with Crippen LogP contribution in [0, 0.1) is 0 Å². The third-order valence-corrected chi connectivity index (χ3v) is 5.36. The molecule has 4 heteroatoms. The molecule has 102 valence electrons. The molecule has 0 aliphatic rings. The Hall–Kier alpha value is -0.870. The molecule has 3 aromatic rings. The van der Waals surface area contributed by atoms with Crippen molar-refractivity contribution in [3.8, 4) is 0 Å². The summed E-state index contributed by atoms with van der Waals surface area (Å²) < 4.78 is 2.27. The van der Waals surface area contributed by atoms with Crippen molar-refractivity contribution < 1.29 is 0 Å². The first-order valence-corrected chi connectivity index (χ1v) is 8.30. The van der Waals surface area contributed by atoms with Gasteiger partial charge in [-0.25, -0.2) is 0 Å². The van der Waals surface area contributed by atoms with Crippen LogP contribution in [0.2, 0.25) is 5.02 Å². The lowest BCUT2D eigenvalue weighted by Crippen LogP contribution is -2.12.